The van der Waals surface area contributed by atoms with Crippen molar-refractivity contribution in [3.8, 4) is 5.75 Å². The number of carbonyl (C=O) groups excluding carboxylic acids is 2. The van der Waals surface area contributed by atoms with E-state index in [4.69, 9.17) is 4.74 Å². The minimum atomic E-state index is -1.36. The molecular formula is C25H23N3O3. The number of rotatable bonds is 4. The number of benzene rings is 3. The summed E-state index contributed by atoms with van der Waals surface area (Å²) in [4.78, 5) is 31.1. The molecule has 0 saturated heterocycles. The summed E-state index contributed by atoms with van der Waals surface area (Å²) in [6.45, 7) is 4.92. The van der Waals surface area contributed by atoms with Crippen LogP contribution >= 0.6 is 0 Å². The van der Waals surface area contributed by atoms with Crippen molar-refractivity contribution in [2.75, 3.05) is 28.3 Å². The molecule has 1 atom stereocenters. The molecule has 0 bridgehead atoms. The molecule has 31 heavy (non-hydrogen) atoms. The smallest absolute Gasteiger partial charge is 0.279 e. The van der Waals surface area contributed by atoms with Gasteiger partial charge in [-0.2, -0.15) is 0 Å². The third-order valence-electron chi connectivity index (χ3n) is 5.87. The highest BCUT2D eigenvalue weighted by molar-refractivity contribution is 6.22. The first-order chi connectivity index (χ1) is 15.1. The standard InChI is InChI=1S/C25H23N3O3/c1-3-27-22-12-8-6-10-20(22)25(24(27)30)26-21-11-7-5-9-19(21)23(29)28(25)17-13-15-18(16-14-17)31-4-2/h5-16,26H,3-4H2,1-2H3/t25-/m0/s1. The van der Waals surface area contributed by atoms with E-state index in [1.807, 2.05) is 80.6 Å². The van der Waals surface area contributed by atoms with E-state index >= 15 is 0 Å². The molecule has 2 aliphatic rings. The van der Waals surface area contributed by atoms with Gasteiger partial charge in [0.25, 0.3) is 11.8 Å². The molecule has 0 unspecified atom stereocenters. The van der Waals surface area contributed by atoms with Crippen molar-refractivity contribution in [1.82, 2.24) is 0 Å². The third-order valence-corrected chi connectivity index (χ3v) is 5.87. The Morgan fingerprint density at radius 2 is 1.61 bits per heavy atom. The Kier molecular flexibility index (Phi) is 4.43. The van der Waals surface area contributed by atoms with Gasteiger partial charge in [0.15, 0.2) is 0 Å². The first kappa shape index (κ1) is 19.2. The highest BCUT2D eigenvalue weighted by Gasteiger charge is 2.59. The zero-order valence-corrected chi connectivity index (χ0v) is 17.5. The van der Waals surface area contributed by atoms with Gasteiger partial charge in [0.2, 0.25) is 5.66 Å². The van der Waals surface area contributed by atoms with Gasteiger partial charge in [-0.1, -0.05) is 30.3 Å². The Bertz CT molecular complexity index is 1170. The molecular weight excluding hydrogens is 390 g/mol. The zero-order chi connectivity index (χ0) is 21.6. The average molecular weight is 413 g/mol. The lowest BCUT2D eigenvalue weighted by molar-refractivity contribution is -0.122. The Labute approximate surface area is 181 Å². The van der Waals surface area contributed by atoms with E-state index in [1.165, 1.54) is 0 Å². The maximum atomic E-state index is 13.9. The maximum Gasteiger partial charge on any atom is 0.279 e. The first-order valence-corrected chi connectivity index (χ1v) is 10.5. The monoisotopic (exact) mass is 413 g/mol. The van der Waals surface area contributed by atoms with Crippen molar-refractivity contribution in [3.63, 3.8) is 0 Å². The molecule has 0 saturated carbocycles. The number of amides is 2. The summed E-state index contributed by atoms with van der Waals surface area (Å²) in [7, 11) is 0. The number of hydrogen-bond acceptors (Lipinski definition) is 4. The fourth-order valence-corrected chi connectivity index (χ4v) is 4.56. The van der Waals surface area contributed by atoms with E-state index in [1.54, 1.807) is 15.9 Å². The largest absolute Gasteiger partial charge is 0.494 e. The van der Waals surface area contributed by atoms with Crippen LogP contribution in [-0.4, -0.2) is 25.0 Å². The Morgan fingerprint density at radius 3 is 2.35 bits per heavy atom. The van der Waals surface area contributed by atoms with Gasteiger partial charge in [-0.05, 0) is 56.3 Å². The van der Waals surface area contributed by atoms with E-state index in [9.17, 15) is 9.59 Å². The number of anilines is 3. The average Bonchev–Trinajstić information content (AvgIpc) is 3.03. The Hall–Kier alpha value is -3.80. The van der Waals surface area contributed by atoms with Crippen LogP contribution in [0.4, 0.5) is 17.1 Å². The number of likely N-dealkylation sites (N-methyl/N-ethyl adjacent to an activating group) is 1. The molecule has 2 aliphatic heterocycles. The number of ether oxygens (including phenoxy) is 1. The molecule has 0 fully saturated rings. The summed E-state index contributed by atoms with van der Waals surface area (Å²) in [6.07, 6.45) is 0. The highest BCUT2D eigenvalue weighted by atomic mass is 16.5. The molecule has 6 heteroatoms. The first-order valence-electron chi connectivity index (χ1n) is 10.5. The second-order valence-electron chi connectivity index (χ2n) is 7.52. The number of hydrogen-bond donors (Lipinski definition) is 1. The molecule has 2 heterocycles. The quantitative estimate of drug-likeness (QED) is 0.690. The zero-order valence-electron chi connectivity index (χ0n) is 17.5. The van der Waals surface area contributed by atoms with Crippen LogP contribution in [0.2, 0.25) is 0 Å². The van der Waals surface area contributed by atoms with Gasteiger partial charge in [0.05, 0.1) is 17.9 Å². The normalized spacial score (nSPS) is 19.3. The van der Waals surface area contributed by atoms with Gasteiger partial charge >= 0.3 is 0 Å². The van der Waals surface area contributed by atoms with Crippen molar-refractivity contribution >= 4 is 28.9 Å². The second kappa shape index (κ2) is 7.16. The summed E-state index contributed by atoms with van der Waals surface area (Å²) < 4.78 is 5.57. The SMILES string of the molecule is CCOc1ccc(N2C(=O)c3ccccc3N[C@]23C(=O)N(CC)c2ccccc23)cc1. The lowest BCUT2D eigenvalue weighted by atomic mass is 9.92. The van der Waals surface area contributed by atoms with Gasteiger partial charge in [0.1, 0.15) is 5.75 Å². The van der Waals surface area contributed by atoms with E-state index in [0.29, 0.717) is 35.8 Å². The number of nitrogens with one attached hydrogen (secondary N) is 1. The predicted octanol–water partition coefficient (Wildman–Crippen LogP) is 4.38. The molecule has 0 aromatic heterocycles. The second-order valence-corrected chi connectivity index (χ2v) is 7.52. The minimum absolute atomic E-state index is 0.173. The molecule has 0 radical (unpaired) electrons. The summed E-state index contributed by atoms with van der Waals surface area (Å²) in [5.41, 5.74) is 2.02. The van der Waals surface area contributed by atoms with Crippen LogP contribution in [0.1, 0.15) is 29.8 Å². The van der Waals surface area contributed by atoms with Gasteiger partial charge < -0.3 is 15.0 Å². The number of nitrogens with zero attached hydrogens (tertiary/aromatic N) is 2. The van der Waals surface area contributed by atoms with Crippen LogP contribution in [0.5, 0.6) is 5.75 Å². The summed E-state index contributed by atoms with van der Waals surface area (Å²) in [6, 6.07) is 22.3. The van der Waals surface area contributed by atoms with Gasteiger partial charge in [-0.25, -0.2) is 0 Å². The van der Waals surface area contributed by atoms with E-state index in [-0.39, 0.29) is 11.8 Å². The maximum absolute atomic E-state index is 13.9. The summed E-state index contributed by atoms with van der Waals surface area (Å²) in [5, 5.41) is 3.44. The number of fused-ring (bicyclic) bond motifs is 3. The van der Waals surface area contributed by atoms with Crippen molar-refractivity contribution in [2.45, 2.75) is 19.5 Å². The van der Waals surface area contributed by atoms with Crippen LogP contribution < -0.4 is 19.9 Å². The van der Waals surface area contributed by atoms with Crippen molar-refractivity contribution in [2.24, 2.45) is 0 Å². The van der Waals surface area contributed by atoms with Crippen molar-refractivity contribution in [3.05, 3.63) is 83.9 Å². The van der Waals surface area contributed by atoms with Gasteiger partial charge in [-0.3, -0.25) is 14.5 Å². The Morgan fingerprint density at radius 1 is 0.903 bits per heavy atom. The molecule has 6 nitrogen and oxygen atoms in total. The molecule has 1 N–H and O–H groups in total. The van der Waals surface area contributed by atoms with E-state index < -0.39 is 5.66 Å². The van der Waals surface area contributed by atoms with Crippen LogP contribution in [0, 0.1) is 0 Å². The van der Waals surface area contributed by atoms with E-state index in [2.05, 4.69) is 5.32 Å². The fourth-order valence-electron chi connectivity index (χ4n) is 4.56. The fraction of sp³-hybridized carbons (Fsp3) is 0.200. The van der Waals surface area contributed by atoms with Crippen LogP contribution in [0.25, 0.3) is 0 Å². The van der Waals surface area contributed by atoms with Crippen LogP contribution in [0.15, 0.2) is 72.8 Å². The molecule has 3 aromatic rings. The predicted molar refractivity (Wildman–Crippen MR) is 121 cm³/mol. The summed E-state index contributed by atoms with van der Waals surface area (Å²) in [5.74, 6) is 0.319. The number of carbonyl (C=O) groups is 2. The van der Waals surface area contributed by atoms with Gasteiger partial charge in [-0.15, -0.1) is 0 Å². The van der Waals surface area contributed by atoms with Crippen LogP contribution in [0.3, 0.4) is 0 Å². The highest BCUT2D eigenvalue weighted by Crippen LogP contribution is 2.49. The van der Waals surface area contributed by atoms with Crippen molar-refractivity contribution < 1.29 is 14.3 Å². The summed E-state index contributed by atoms with van der Waals surface area (Å²) >= 11 is 0. The van der Waals surface area contributed by atoms with Crippen LogP contribution in [-0.2, 0) is 10.5 Å². The number of para-hydroxylation sites is 2. The minimum Gasteiger partial charge on any atom is -0.494 e. The van der Waals surface area contributed by atoms with Gasteiger partial charge in [0, 0.05) is 23.5 Å². The molecule has 2 amide bonds. The third kappa shape index (κ3) is 2.64. The Balaban J connectivity index is 1.76. The molecule has 1 spiro atoms. The molecule has 3 aromatic carbocycles. The lowest BCUT2D eigenvalue weighted by Crippen LogP contribution is -2.63. The molecule has 5 rings (SSSR count). The van der Waals surface area contributed by atoms with E-state index in [0.717, 1.165) is 11.3 Å². The topological polar surface area (TPSA) is 61.9 Å². The van der Waals surface area contributed by atoms with Crippen molar-refractivity contribution in [1.29, 1.82) is 0 Å². The molecule has 0 aliphatic carbocycles. The lowest BCUT2D eigenvalue weighted by Gasteiger charge is -2.45. The molecule has 156 valence electrons.